The highest BCUT2D eigenvalue weighted by molar-refractivity contribution is 7.88. The summed E-state index contributed by atoms with van der Waals surface area (Å²) in [7, 11) is -1.92. The summed E-state index contributed by atoms with van der Waals surface area (Å²) in [5, 5.41) is 2.79. The summed E-state index contributed by atoms with van der Waals surface area (Å²) < 4.78 is 25.4. The quantitative estimate of drug-likeness (QED) is 0.788. The summed E-state index contributed by atoms with van der Waals surface area (Å²) in [5.41, 5.74) is 1.53. The van der Waals surface area contributed by atoms with Crippen molar-refractivity contribution < 1.29 is 13.2 Å². The van der Waals surface area contributed by atoms with Crippen LogP contribution in [0.2, 0.25) is 0 Å². The van der Waals surface area contributed by atoms with E-state index in [2.05, 4.69) is 10.0 Å². The molecule has 0 unspecified atom stereocenters. The summed E-state index contributed by atoms with van der Waals surface area (Å²) in [4.78, 5) is 11.4. The molecular formula is C13H20N2O3S. The second-order valence-electron chi connectivity index (χ2n) is 4.26. The number of hydrogen-bond acceptors (Lipinski definition) is 3. The van der Waals surface area contributed by atoms with Gasteiger partial charge in [0.2, 0.25) is 15.9 Å². The van der Waals surface area contributed by atoms with Gasteiger partial charge in [-0.2, -0.15) is 0 Å². The second-order valence-corrected chi connectivity index (χ2v) is 6.19. The van der Waals surface area contributed by atoms with Crippen molar-refractivity contribution >= 4 is 15.9 Å². The lowest BCUT2D eigenvalue weighted by molar-refractivity contribution is -0.121. The fourth-order valence-electron chi connectivity index (χ4n) is 1.66. The summed E-state index contributed by atoms with van der Waals surface area (Å²) >= 11 is 0. The maximum absolute atomic E-state index is 11.6. The lowest BCUT2D eigenvalue weighted by Crippen LogP contribution is -2.24. The lowest BCUT2D eigenvalue weighted by Gasteiger charge is -2.10. The first kappa shape index (κ1) is 15.7. The van der Waals surface area contributed by atoms with Crippen LogP contribution in [-0.4, -0.2) is 21.4 Å². The molecule has 0 heterocycles. The normalized spacial score (nSPS) is 11.3. The van der Waals surface area contributed by atoms with E-state index in [9.17, 15) is 13.2 Å². The summed E-state index contributed by atoms with van der Waals surface area (Å²) in [6.07, 6.45) is 1.28. The summed E-state index contributed by atoms with van der Waals surface area (Å²) in [5.74, 6) is -0.0997. The van der Waals surface area contributed by atoms with Crippen molar-refractivity contribution in [2.75, 3.05) is 7.05 Å². The first-order valence-corrected chi connectivity index (χ1v) is 7.88. The number of rotatable bonds is 7. The van der Waals surface area contributed by atoms with Gasteiger partial charge in [-0.15, -0.1) is 0 Å². The van der Waals surface area contributed by atoms with E-state index in [0.29, 0.717) is 18.5 Å². The third kappa shape index (κ3) is 5.40. The molecule has 0 saturated heterocycles. The Morgan fingerprint density at radius 1 is 1.21 bits per heavy atom. The monoisotopic (exact) mass is 284 g/mol. The number of amides is 1. The van der Waals surface area contributed by atoms with Crippen LogP contribution in [0.15, 0.2) is 24.3 Å². The summed E-state index contributed by atoms with van der Waals surface area (Å²) in [6, 6.07) is 7.21. The van der Waals surface area contributed by atoms with Gasteiger partial charge in [0.25, 0.3) is 0 Å². The fourth-order valence-corrected chi connectivity index (χ4v) is 2.49. The van der Waals surface area contributed by atoms with Crippen LogP contribution in [-0.2, 0) is 27.1 Å². The van der Waals surface area contributed by atoms with Gasteiger partial charge < -0.3 is 5.32 Å². The molecule has 0 aromatic heterocycles. The zero-order chi connectivity index (χ0) is 14.3. The zero-order valence-corrected chi connectivity index (χ0v) is 12.1. The average Bonchev–Trinajstić information content (AvgIpc) is 2.38. The Kier molecular flexibility index (Phi) is 5.98. The van der Waals surface area contributed by atoms with E-state index >= 15 is 0 Å². The zero-order valence-electron chi connectivity index (χ0n) is 11.3. The van der Waals surface area contributed by atoms with Gasteiger partial charge in [-0.05, 0) is 24.6 Å². The molecule has 0 spiro atoms. The number of nitrogens with one attached hydrogen (secondary N) is 2. The molecule has 0 aliphatic rings. The van der Waals surface area contributed by atoms with Gasteiger partial charge in [0.15, 0.2) is 0 Å². The minimum Gasteiger partial charge on any atom is -0.352 e. The van der Waals surface area contributed by atoms with Gasteiger partial charge in [-0.25, -0.2) is 13.1 Å². The molecule has 19 heavy (non-hydrogen) atoms. The summed E-state index contributed by atoms with van der Waals surface area (Å²) in [6.45, 7) is 2.29. The van der Waals surface area contributed by atoms with Crippen LogP contribution in [0, 0.1) is 0 Å². The smallest absolute Gasteiger partial charge is 0.220 e. The van der Waals surface area contributed by atoms with E-state index in [1.54, 1.807) is 12.1 Å². The van der Waals surface area contributed by atoms with Crippen LogP contribution in [0.3, 0.4) is 0 Å². The molecule has 1 aromatic rings. The van der Waals surface area contributed by atoms with Crippen molar-refractivity contribution in [3.05, 3.63) is 35.4 Å². The Bertz CT molecular complexity index is 526. The second kappa shape index (κ2) is 7.25. The molecule has 2 N–H and O–H groups in total. The van der Waals surface area contributed by atoms with E-state index in [1.807, 2.05) is 19.1 Å². The third-order valence-electron chi connectivity index (χ3n) is 2.73. The standard InChI is InChI=1S/C13H20N2O3S/c1-3-6-13(16)15-9-11-7-4-5-8-12(11)10-19(17,18)14-2/h4-5,7-8,14H,3,6,9-10H2,1-2H3,(H,15,16). The van der Waals surface area contributed by atoms with E-state index in [0.717, 1.165) is 12.0 Å². The number of sulfonamides is 1. The van der Waals surface area contributed by atoms with Crippen LogP contribution in [0.1, 0.15) is 30.9 Å². The van der Waals surface area contributed by atoms with E-state index < -0.39 is 10.0 Å². The van der Waals surface area contributed by atoms with Gasteiger partial charge >= 0.3 is 0 Å². The Hall–Kier alpha value is -1.40. The predicted octanol–water partition coefficient (Wildman–Crippen LogP) is 1.15. The maximum atomic E-state index is 11.6. The van der Waals surface area contributed by atoms with Crippen LogP contribution in [0.5, 0.6) is 0 Å². The van der Waals surface area contributed by atoms with Crippen LogP contribution in [0.4, 0.5) is 0 Å². The molecule has 0 aliphatic carbocycles. The van der Waals surface area contributed by atoms with Crippen LogP contribution >= 0.6 is 0 Å². The Morgan fingerprint density at radius 2 is 1.84 bits per heavy atom. The molecule has 0 saturated carbocycles. The SMILES string of the molecule is CCCC(=O)NCc1ccccc1CS(=O)(=O)NC. The molecule has 0 radical (unpaired) electrons. The van der Waals surface area contributed by atoms with Crippen molar-refractivity contribution in [3.8, 4) is 0 Å². The topological polar surface area (TPSA) is 75.3 Å². The Labute approximate surface area is 114 Å². The molecule has 106 valence electrons. The molecule has 6 heteroatoms. The first-order valence-electron chi connectivity index (χ1n) is 6.23. The van der Waals surface area contributed by atoms with Gasteiger partial charge in [0.1, 0.15) is 0 Å². The predicted molar refractivity (Wildman–Crippen MR) is 74.9 cm³/mol. The highest BCUT2D eigenvalue weighted by Crippen LogP contribution is 2.12. The maximum Gasteiger partial charge on any atom is 0.220 e. The molecule has 5 nitrogen and oxygen atoms in total. The number of carbonyl (C=O) groups excluding carboxylic acids is 1. The van der Waals surface area contributed by atoms with Gasteiger partial charge in [-0.1, -0.05) is 31.2 Å². The van der Waals surface area contributed by atoms with Gasteiger partial charge in [0.05, 0.1) is 5.75 Å². The number of benzene rings is 1. The Balaban J connectivity index is 2.76. The van der Waals surface area contributed by atoms with E-state index in [-0.39, 0.29) is 11.7 Å². The molecule has 1 rings (SSSR count). The molecule has 0 fully saturated rings. The number of carbonyl (C=O) groups is 1. The Morgan fingerprint density at radius 3 is 2.42 bits per heavy atom. The average molecular weight is 284 g/mol. The molecule has 1 amide bonds. The molecule has 0 atom stereocenters. The van der Waals surface area contributed by atoms with Crippen LogP contribution in [0.25, 0.3) is 0 Å². The van der Waals surface area contributed by atoms with E-state index in [4.69, 9.17) is 0 Å². The van der Waals surface area contributed by atoms with Crippen molar-refractivity contribution in [2.45, 2.75) is 32.1 Å². The highest BCUT2D eigenvalue weighted by atomic mass is 32.2. The molecule has 0 aliphatic heterocycles. The van der Waals surface area contributed by atoms with Gasteiger partial charge in [-0.3, -0.25) is 4.79 Å². The molecular weight excluding hydrogens is 264 g/mol. The third-order valence-corrected chi connectivity index (χ3v) is 4.04. The largest absolute Gasteiger partial charge is 0.352 e. The van der Waals surface area contributed by atoms with Gasteiger partial charge in [0, 0.05) is 13.0 Å². The van der Waals surface area contributed by atoms with Crippen molar-refractivity contribution in [3.63, 3.8) is 0 Å². The van der Waals surface area contributed by atoms with Crippen molar-refractivity contribution in [1.29, 1.82) is 0 Å². The van der Waals surface area contributed by atoms with Crippen molar-refractivity contribution in [2.24, 2.45) is 0 Å². The minimum absolute atomic E-state index is 0.0197. The first-order chi connectivity index (χ1) is 8.98. The van der Waals surface area contributed by atoms with Crippen molar-refractivity contribution in [1.82, 2.24) is 10.0 Å². The molecule has 1 aromatic carbocycles. The lowest BCUT2D eigenvalue weighted by atomic mass is 10.1. The minimum atomic E-state index is -3.31. The molecule has 0 bridgehead atoms. The fraction of sp³-hybridized carbons (Fsp3) is 0.462. The highest BCUT2D eigenvalue weighted by Gasteiger charge is 2.12. The van der Waals surface area contributed by atoms with Crippen LogP contribution < -0.4 is 10.0 Å². The number of hydrogen-bond donors (Lipinski definition) is 2. The van der Waals surface area contributed by atoms with E-state index in [1.165, 1.54) is 7.05 Å².